The zero-order chi connectivity index (χ0) is 18.4. The Hall–Kier alpha value is -3.30. The van der Waals surface area contributed by atoms with Gasteiger partial charge in [-0.3, -0.25) is 14.9 Å². The molecule has 0 unspecified atom stereocenters. The van der Waals surface area contributed by atoms with E-state index in [9.17, 15) is 28.1 Å². The van der Waals surface area contributed by atoms with E-state index in [1.54, 1.807) is 0 Å². The lowest BCUT2D eigenvalue weighted by atomic mass is 10.2. The number of carbonyl (C=O) groups is 1. The Labute approximate surface area is 139 Å². The molecule has 2 aromatic rings. The Balaban J connectivity index is 1.90. The van der Waals surface area contributed by atoms with Gasteiger partial charge in [-0.25, -0.2) is 0 Å². The first-order valence-electron chi connectivity index (χ1n) is 6.87. The monoisotopic (exact) mass is 355 g/mol. The molecule has 132 valence electrons. The Morgan fingerprint density at radius 2 is 1.80 bits per heavy atom. The Morgan fingerprint density at radius 1 is 1.16 bits per heavy atom. The number of nitrogens with one attached hydrogen (secondary N) is 2. The predicted octanol–water partition coefficient (Wildman–Crippen LogP) is 3.39. The first-order chi connectivity index (χ1) is 11.8. The quantitative estimate of drug-likeness (QED) is 0.587. The van der Waals surface area contributed by atoms with E-state index in [1.807, 2.05) is 0 Å². The highest BCUT2D eigenvalue weighted by Gasteiger charge is 2.14. The van der Waals surface area contributed by atoms with Crippen LogP contribution in [-0.4, -0.2) is 24.0 Å². The molecule has 0 saturated carbocycles. The van der Waals surface area contributed by atoms with Crippen LogP contribution in [0.15, 0.2) is 42.5 Å². The minimum atomic E-state index is -2.94. The van der Waals surface area contributed by atoms with Crippen molar-refractivity contribution in [3.05, 3.63) is 58.4 Å². The molecule has 0 saturated heterocycles. The first-order valence-corrected chi connectivity index (χ1v) is 6.87. The molecule has 0 bridgehead atoms. The van der Waals surface area contributed by atoms with Crippen LogP contribution in [0.5, 0.6) is 5.75 Å². The molecule has 0 atom stereocenters. The number of nitrogens with zero attached hydrogens (tertiary/aromatic N) is 1. The average molecular weight is 355 g/mol. The average Bonchev–Trinajstić information content (AvgIpc) is 2.55. The maximum Gasteiger partial charge on any atom is 0.387 e. The number of nitro groups is 1. The van der Waals surface area contributed by atoms with E-state index in [-0.39, 0.29) is 18.0 Å². The van der Waals surface area contributed by atoms with E-state index < -0.39 is 28.9 Å². The van der Waals surface area contributed by atoms with Crippen molar-refractivity contribution in [1.29, 1.82) is 0 Å². The van der Waals surface area contributed by atoms with Crippen LogP contribution >= 0.6 is 0 Å². The largest absolute Gasteiger partial charge is 0.435 e. The first kappa shape index (κ1) is 18.0. The fraction of sp³-hybridized carbons (Fsp3) is 0.133. The summed E-state index contributed by atoms with van der Waals surface area (Å²) in [5.41, 5.74) is -0.164. The third-order valence-electron chi connectivity index (χ3n) is 2.96. The van der Waals surface area contributed by atoms with Gasteiger partial charge in [0.05, 0.1) is 11.5 Å². The zero-order valence-corrected chi connectivity index (χ0v) is 12.5. The van der Waals surface area contributed by atoms with Gasteiger partial charge < -0.3 is 15.4 Å². The molecule has 1 amide bonds. The molecular weight excluding hydrogens is 343 g/mol. The summed E-state index contributed by atoms with van der Waals surface area (Å²) in [6.07, 6.45) is 0. The number of hydrogen-bond donors (Lipinski definition) is 2. The summed E-state index contributed by atoms with van der Waals surface area (Å²) in [6, 6.07) is 8.42. The molecule has 2 aromatic carbocycles. The third kappa shape index (κ3) is 5.37. The van der Waals surface area contributed by atoms with Gasteiger partial charge in [-0.05, 0) is 36.4 Å². The highest BCUT2D eigenvalue weighted by atomic mass is 19.3. The summed E-state index contributed by atoms with van der Waals surface area (Å²) in [5.74, 6) is -1.52. The smallest absolute Gasteiger partial charge is 0.387 e. The summed E-state index contributed by atoms with van der Waals surface area (Å²) in [6.45, 7) is -3.18. The van der Waals surface area contributed by atoms with Crippen LogP contribution in [0.25, 0.3) is 0 Å². The molecule has 2 rings (SSSR count). The van der Waals surface area contributed by atoms with Gasteiger partial charge in [0.25, 0.3) is 0 Å². The summed E-state index contributed by atoms with van der Waals surface area (Å²) >= 11 is 0. The minimum Gasteiger partial charge on any atom is -0.435 e. The van der Waals surface area contributed by atoms with Crippen molar-refractivity contribution in [1.82, 2.24) is 0 Å². The second-order valence-electron chi connectivity index (χ2n) is 4.73. The second kappa shape index (κ2) is 7.99. The number of halogens is 3. The maximum absolute atomic E-state index is 13.2. The highest BCUT2D eigenvalue weighted by molar-refractivity contribution is 5.93. The van der Waals surface area contributed by atoms with Gasteiger partial charge in [-0.1, -0.05) is 0 Å². The van der Waals surface area contributed by atoms with E-state index in [1.165, 1.54) is 30.3 Å². The molecule has 0 heterocycles. The number of alkyl halides is 2. The van der Waals surface area contributed by atoms with Crippen molar-refractivity contribution in [2.75, 3.05) is 17.2 Å². The molecule has 0 aromatic heterocycles. The number of carbonyl (C=O) groups excluding carboxylic acids is 1. The van der Waals surface area contributed by atoms with E-state index in [0.29, 0.717) is 5.69 Å². The van der Waals surface area contributed by atoms with Crippen LogP contribution in [0.1, 0.15) is 0 Å². The van der Waals surface area contributed by atoms with Crippen LogP contribution in [0, 0.1) is 15.9 Å². The van der Waals surface area contributed by atoms with Crippen molar-refractivity contribution in [2.45, 2.75) is 6.61 Å². The predicted molar refractivity (Wildman–Crippen MR) is 83.2 cm³/mol. The number of hydrogen-bond acceptors (Lipinski definition) is 5. The number of amides is 1. The maximum atomic E-state index is 13.2. The van der Waals surface area contributed by atoms with Gasteiger partial charge in [-0.2, -0.15) is 13.2 Å². The standard InChI is InChI=1S/C15H12F3N3O4/c16-12-6-3-10(7-13(12)21(23)24)19-8-14(22)20-9-1-4-11(5-2-9)25-15(17)18/h1-7,15,19H,8H2,(H,20,22). The van der Waals surface area contributed by atoms with Crippen molar-refractivity contribution in [3.63, 3.8) is 0 Å². The van der Waals surface area contributed by atoms with Gasteiger partial charge in [0.2, 0.25) is 11.7 Å². The van der Waals surface area contributed by atoms with Gasteiger partial charge >= 0.3 is 12.3 Å². The normalized spacial score (nSPS) is 10.4. The molecule has 0 aliphatic carbocycles. The van der Waals surface area contributed by atoms with Crippen molar-refractivity contribution < 1.29 is 27.6 Å². The molecule has 0 spiro atoms. The van der Waals surface area contributed by atoms with Crippen molar-refractivity contribution >= 4 is 23.0 Å². The van der Waals surface area contributed by atoms with Crippen molar-refractivity contribution in [2.24, 2.45) is 0 Å². The van der Waals surface area contributed by atoms with E-state index in [4.69, 9.17) is 0 Å². The third-order valence-corrected chi connectivity index (χ3v) is 2.96. The SMILES string of the molecule is O=C(CNc1ccc(F)c([N+](=O)[O-])c1)Nc1ccc(OC(F)F)cc1. The summed E-state index contributed by atoms with van der Waals surface area (Å²) in [4.78, 5) is 21.6. The zero-order valence-electron chi connectivity index (χ0n) is 12.5. The number of rotatable bonds is 7. The lowest BCUT2D eigenvalue weighted by molar-refractivity contribution is -0.387. The number of anilines is 2. The van der Waals surface area contributed by atoms with Gasteiger partial charge in [0.15, 0.2) is 0 Å². The van der Waals surface area contributed by atoms with E-state index in [0.717, 1.165) is 12.1 Å². The van der Waals surface area contributed by atoms with Gasteiger partial charge in [0.1, 0.15) is 5.75 Å². The number of nitro benzene ring substituents is 1. The molecule has 0 radical (unpaired) electrons. The molecule has 0 aliphatic heterocycles. The molecule has 10 heteroatoms. The summed E-state index contributed by atoms with van der Waals surface area (Å²) in [5, 5.41) is 15.8. The van der Waals surface area contributed by atoms with Crippen molar-refractivity contribution in [3.8, 4) is 5.75 Å². The Morgan fingerprint density at radius 3 is 2.40 bits per heavy atom. The fourth-order valence-electron chi connectivity index (χ4n) is 1.87. The second-order valence-corrected chi connectivity index (χ2v) is 4.73. The molecule has 0 fully saturated rings. The fourth-order valence-corrected chi connectivity index (χ4v) is 1.87. The highest BCUT2D eigenvalue weighted by Crippen LogP contribution is 2.21. The lowest BCUT2D eigenvalue weighted by Crippen LogP contribution is -2.21. The summed E-state index contributed by atoms with van der Waals surface area (Å²) in [7, 11) is 0. The van der Waals surface area contributed by atoms with E-state index >= 15 is 0 Å². The van der Waals surface area contributed by atoms with Gasteiger partial charge in [-0.15, -0.1) is 0 Å². The van der Waals surface area contributed by atoms with Crippen LogP contribution < -0.4 is 15.4 Å². The Kier molecular flexibility index (Phi) is 5.77. The number of benzene rings is 2. The molecule has 25 heavy (non-hydrogen) atoms. The minimum absolute atomic E-state index is 0.0512. The van der Waals surface area contributed by atoms with Gasteiger partial charge in [0, 0.05) is 17.4 Å². The number of ether oxygens (including phenoxy) is 1. The van der Waals surface area contributed by atoms with E-state index in [2.05, 4.69) is 15.4 Å². The van der Waals surface area contributed by atoms with Crippen LogP contribution in [0.3, 0.4) is 0 Å². The lowest BCUT2D eigenvalue weighted by Gasteiger charge is -2.09. The molecular formula is C15H12F3N3O4. The van der Waals surface area contributed by atoms with Crippen LogP contribution in [0.4, 0.5) is 30.2 Å². The van der Waals surface area contributed by atoms with Crippen LogP contribution in [0.2, 0.25) is 0 Å². The summed E-state index contributed by atoms with van der Waals surface area (Å²) < 4.78 is 41.4. The topological polar surface area (TPSA) is 93.5 Å². The Bertz CT molecular complexity index is 769. The molecule has 7 nitrogen and oxygen atoms in total. The molecule has 0 aliphatic rings. The van der Waals surface area contributed by atoms with Crippen LogP contribution in [-0.2, 0) is 4.79 Å². The molecule has 2 N–H and O–H groups in total.